The summed E-state index contributed by atoms with van der Waals surface area (Å²) in [7, 11) is 0. The van der Waals surface area contributed by atoms with Gasteiger partial charge in [-0.1, -0.05) is 60.7 Å². The highest BCUT2D eigenvalue weighted by Gasteiger charge is 2.50. The lowest BCUT2D eigenvalue weighted by Crippen LogP contribution is -2.55. The van der Waals surface area contributed by atoms with E-state index in [2.05, 4.69) is 0 Å². The lowest BCUT2D eigenvalue weighted by atomic mass is 10.0. The number of rotatable bonds is 13. The Bertz CT molecular complexity index is 1180. The Hall–Kier alpha value is -3.39. The number of ether oxygens (including phenoxy) is 8. The molecule has 2 saturated heterocycles. The first kappa shape index (κ1) is 32.5. The van der Waals surface area contributed by atoms with Gasteiger partial charge in [-0.2, -0.15) is 0 Å². The summed E-state index contributed by atoms with van der Waals surface area (Å²) in [5, 5.41) is 10.9. The Morgan fingerprint density at radius 1 is 0.744 bits per heavy atom. The Morgan fingerprint density at radius 2 is 1.35 bits per heavy atom. The van der Waals surface area contributed by atoms with E-state index >= 15 is 0 Å². The predicted molar refractivity (Wildman–Crippen MR) is 148 cm³/mol. The fourth-order valence-corrected chi connectivity index (χ4v) is 4.98. The molecule has 0 aliphatic carbocycles. The number of aliphatic hydroxyl groups excluding tert-OH is 1. The smallest absolute Gasteiger partial charge is 0.303 e. The van der Waals surface area contributed by atoms with Crippen molar-refractivity contribution in [1.82, 2.24) is 0 Å². The van der Waals surface area contributed by atoms with Gasteiger partial charge in [0.25, 0.3) is 0 Å². The molecule has 1 N–H and O–H groups in total. The van der Waals surface area contributed by atoms with Crippen molar-refractivity contribution in [1.29, 1.82) is 0 Å². The van der Waals surface area contributed by atoms with Crippen LogP contribution in [-0.4, -0.2) is 85.4 Å². The number of hydrogen-bond acceptors (Lipinski definition) is 12. The van der Waals surface area contributed by atoms with Gasteiger partial charge in [0.15, 0.2) is 18.7 Å². The van der Waals surface area contributed by atoms with Gasteiger partial charge in [0, 0.05) is 27.2 Å². The van der Waals surface area contributed by atoms with Gasteiger partial charge < -0.3 is 43.0 Å². The molecule has 234 valence electrons. The second-order valence-corrected chi connectivity index (χ2v) is 10.3. The molecule has 43 heavy (non-hydrogen) atoms. The summed E-state index contributed by atoms with van der Waals surface area (Å²) in [5.74, 6) is -1.83. The summed E-state index contributed by atoms with van der Waals surface area (Å²) in [4.78, 5) is 35.3. The summed E-state index contributed by atoms with van der Waals surface area (Å²) < 4.78 is 46.2. The van der Waals surface area contributed by atoms with Crippen molar-refractivity contribution in [2.45, 2.75) is 89.6 Å². The number of esters is 3. The number of benzene rings is 2. The Morgan fingerprint density at radius 3 is 1.95 bits per heavy atom. The van der Waals surface area contributed by atoms with Crippen LogP contribution in [0.4, 0.5) is 0 Å². The first-order valence-corrected chi connectivity index (χ1v) is 14.1. The zero-order valence-corrected chi connectivity index (χ0v) is 24.4. The minimum atomic E-state index is -1.40. The summed E-state index contributed by atoms with van der Waals surface area (Å²) in [6.45, 7) is 4.01. The first-order chi connectivity index (χ1) is 20.7. The van der Waals surface area contributed by atoms with E-state index in [1.54, 1.807) is 0 Å². The van der Waals surface area contributed by atoms with E-state index in [4.69, 9.17) is 37.9 Å². The topological polar surface area (TPSA) is 145 Å². The summed E-state index contributed by atoms with van der Waals surface area (Å²) in [6.07, 6.45) is -8.08. The molecule has 8 atom stereocenters. The van der Waals surface area contributed by atoms with Crippen LogP contribution in [0, 0.1) is 0 Å². The van der Waals surface area contributed by atoms with Gasteiger partial charge >= 0.3 is 17.9 Å². The fraction of sp³-hybridized carbons (Fsp3) is 0.516. The third kappa shape index (κ3) is 9.82. The van der Waals surface area contributed by atoms with E-state index in [-0.39, 0.29) is 26.2 Å². The minimum absolute atomic E-state index is 0.0438. The van der Waals surface area contributed by atoms with Gasteiger partial charge in [-0.3, -0.25) is 14.4 Å². The van der Waals surface area contributed by atoms with Crippen molar-refractivity contribution in [3.05, 3.63) is 71.8 Å². The highest BCUT2D eigenvalue weighted by Crippen LogP contribution is 2.33. The van der Waals surface area contributed by atoms with Gasteiger partial charge in [-0.25, -0.2) is 0 Å². The van der Waals surface area contributed by atoms with Gasteiger partial charge in [-0.05, 0) is 11.1 Å². The fourth-order valence-electron chi connectivity index (χ4n) is 4.98. The van der Waals surface area contributed by atoms with E-state index in [9.17, 15) is 19.5 Å². The molecule has 2 fully saturated rings. The van der Waals surface area contributed by atoms with E-state index in [0.717, 1.165) is 11.1 Å². The van der Waals surface area contributed by atoms with Gasteiger partial charge in [-0.15, -0.1) is 0 Å². The number of carbonyl (C=O) groups excluding carboxylic acids is 3. The second kappa shape index (κ2) is 15.9. The molecular formula is C31H38O12. The normalized spacial score (nSPS) is 28.7. The van der Waals surface area contributed by atoms with E-state index in [1.807, 2.05) is 60.7 Å². The quantitative estimate of drug-likeness (QED) is 0.265. The molecule has 2 aromatic rings. The number of hydrogen-bond donors (Lipinski definition) is 1. The average Bonchev–Trinajstić information content (AvgIpc) is 3.26. The average molecular weight is 603 g/mol. The third-order valence-electron chi connectivity index (χ3n) is 6.83. The highest BCUT2D eigenvalue weighted by atomic mass is 16.7. The van der Waals surface area contributed by atoms with Crippen LogP contribution in [0.2, 0.25) is 0 Å². The molecule has 12 nitrogen and oxygen atoms in total. The van der Waals surface area contributed by atoms with Crippen LogP contribution in [0.25, 0.3) is 0 Å². The molecule has 1 unspecified atom stereocenters. The molecule has 12 heteroatoms. The van der Waals surface area contributed by atoms with Gasteiger partial charge in [0.2, 0.25) is 0 Å². The Balaban J connectivity index is 1.50. The number of aliphatic hydroxyl groups is 1. The molecule has 4 rings (SSSR count). The lowest BCUT2D eigenvalue weighted by Gasteiger charge is -2.41. The van der Waals surface area contributed by atoms with E-state index in [0.29, 0.717) is 6.61 Å². The predicted octanol–water partition coefficient (Wildman–Crippen LogP) is 2.43. The SMILES string of the molecule is CC(=O)OCC1O[C@H](O[C@H]2[C@@H](OCc3ccccc3)[C@@H](COCc3ccccc3)O[C@H]2O)C[C@@H](OC(C)=O)[C@H]1OC(C)=O. The molecule has 0 aromatic heterocycles. The van der Waals surface area contributed by atoms with E-state index < -0.39 is 67.1 Å². The third-order valence-corrected chi connectivity index (χ3v) is 6.83. The number of carbonyl (C=O) groups is 3. The summed E-state index contributed by atoms with van der Waals surface area (Å²) >= 11 is 0. The molecule has 2 aliphatic heterocycles. The van der Waals surface area contributed by atoms with Crippen molar-refractivity contribution in [3.8, 4) is 0 Å². The Kier molecular flexibility index (Phi) is 12.0. The van der Waals surface area contributed by atoms with Crippen LogP contribution in [0.15, 0.2) is 60.7 Å². The van der Waals surface area contributed by atoms with Crippen LogP contribution in [0.5, 0.6) is 0 Å². The molecule has 0 bridgehead atoms. The first-order valence-electron chi connectivity index (χ1n) is 14.1. The molecule has 2 aromatic carbocycles. The Labute approximate surface area is 250 Å². The zero-order valence-electron chi connectivity index (χ0n) is 24.4. The summed E-state index contributed by atoms with van der Waals surface area (Å²) in [6, 6.07) is 19.1. The minimum Gasteiger partial charge on any atom is -0.463 e. The lowest BCUT2D eigenvalue weighted by molar-refractivity contribution is -0.293. The van der Waals surface area contributed by atoms with Crippen LogP contribution < -0.4 is 0 Å². The molecule has 0 saturated carbocycles. The maximum absolute atomic E-state index is 11.9. The van der Waals surface area contributed by atoms with Crippen LogP contribution in [0.3, 0.4) is 0 Å². The van der Waals surface area contributed by atoms with Crippen LogP contribution in [-0.2, 0) is 65.5 Å². The largest absolute Gasteiger partial charge is 0.463 e. The monoisotopic (exact) mass is 602 g/mol. The van der Waals surface area contributed by atoms with Crippen molar-refractivity contribution in [2.75, 3.05) is 13.2 Å². The van der Waals surface area contributed by atoms with Gasteiger partial charge in [0.1, 0.15) is 37.1 Å². The van der Waals surface area contributed by atoms with Crippen molar-refractivity contribution < 1.29 is 57.4 Å². The van der Waals surface area contributed by atoms with Crippen LogP contribution in [0.1, 0.15) is 38.3 Å². The maximum Gasteiger partial charge on any atom is 0.303 e. The zero-order chi connectivity index (χ0) is 30.8. The molecule has 0 amide bonds. The standard InChI is InChI=1S/C31H38O12/c1-19(32)37-18-26-28(40-21(3)34)24(39-20(2)33)14-27(41-26)43-30-29(38-16-23-12-8-5-9-13-23)25(42-31(30)35)17-36-15-22-10-6-4-7-11-22/h4-13,24-31,35H,14-18H2,1-3H3/t24-,25-,26?,27-,28-,29+,30+,31-/m1/s1. The van der Waals surface area contributed by atoms with Crippen molar-refractivity contribution in [3.63, 3.8) is 0 Å². The van der Waals surface area contributed by atoms with Gasteiger partial charge in [0.05, 0.1) is 19.8 Å². The second-order valence-electron chi connectivity index (χ2n) is 10.3. The molecule has 0 spiro atoms. The molecule has 0 radical (unpaired) electrons. The summed E-state index contributed by atoms with van der Waals surface area (Å²) in [5.41, 5.74) is 1.88. The molecule has 2 aliphatic rings. The molecule has 2 heterocycles. The van der Waals surface area contributed by atoms with E-state index in [1.165, 1.54) is 20.8 Å². The molecular weight excluding hydrogens is 564 g/mol. The van der Waals surface area contributed by atoms with Crippen molar-refractivity contribution in [2.24, 2.45) is 0 Å². The van der Waals surface area contributed by atoms with Crippen molar-refractivity contribution >= 4 is 17.9 Å². The maximum atomic E-state index is 11.9. The van der Waals surface area contributed by atoms with Crippen LogP contribution >= 0.6 is 0 Å². The highest BCUT2D eigenvalue weighted by molar-refractivity contribution is 5.67.